The van der Waals surface area contributed by atoms with E-state index in [9.17, 15) is 9.90 Å². The number of benzene rings is 2. The summed E-state index contributed by atoms with van der Waals surface area (Å²) >= 11 is 13.4. The molecule has 3 aromatic rings. The third-order valence-corrected chi connectivity index (χ3v) is 5.31. The van der Waals surface area contributed by atoms with Crippen LogP contribution in [0.5, 0.6) is 0 Å². The Kier molecular flexibility index (Phi) is 5.51. The Morgan fingerprint density at radius 3 is 2.42 bits per heavy atom. The van der Waals surface area contributed by atoms with Gasteiger partial charge >= 0.3 is 5.97 Å². The van der Waals surface area contributed by atoms with Crippen LogP contribution in [0.15, 0.2) is 36.4 Å². The first-order chi connectivity index (χ1) is 12.3. The average Bonchev–Trinajstić information content (AvgIpc) is 2.90. The number of halogens is 2. The van der Waals surface area contributed by atoms with Crippen LogP contribution in [-0.4, -0.2) is 16.1 Å². The number of thiazole rings is 1. The maximum Gasteiger partial charge on any atom is 0.308 e. The minimum absolute atomic E-state index is 0.0854. The Bertz CT molecular complexity index is 965. The van der Waals surface area contributed by atoms with E-state index in [-0.39, 0.29) is 6.42 Å². The normalized spacial score (nSPS) is 10.8. The number of nitrogens with zero attached hydrogens (tertiary/aromatic N) is 1. The highest BCUT2D eigenvalue weighted by Gasteiger charge is 2.16. The van der Waals surface area contributed by atoms with Gasteiger partial charge in [0.05, 0.1) is 12.1 Å². The van der Waals surface area contributed by atoms with Crippen LogP contribution in [0.1, 0.15) is 16.0 Å². The Morgan fingerprint density at radius 2 is 1.81 bits per heavy atom. The first kappa shape index (κ1) is 18.7. The molecule has 26 heavy (non-hydrogen) atoms. The zero-order chi connectivity index (χ0) is 18.8. The fraction of sp³-hybridized carbons (Fsp3) is 0.158. The van der Waals surface area contributed by atoms with Gasteiger partial charge in [-0.25, -0.2) is 4.98 Å². The predicted octanol–water partition coefficient (Wildman–Crippen LogP) is 6.10. The number of hydrogen-bond donors (Lipinski definition) is 2. The van der Waals surface area contributed by atoms with Gasteiger partial charge in [0, 0.05) is 26.2 Å². The van der Waals surface area contributed by atoms with Gasteiger partial charge in [-0.15, -0.1) is 11.3 Å². The molecule has 0 spiro atoms. The Balaban J connectivity index is 2.00. The van der Waals surface area contributed by atoms with Gasteiger partial charge in [-0.3, -0.25) is 4.79 Å². The number of aliphatic carboxylic acids is 1. The maximum absolute atomic E-state index is 11.3. The second-order valence-electron chi connectivity index (χ2n) is 5.94. The Morgan fingerprint density at radius 1 is 1.12 bits per heavy atom. The maximum atomic E-state index is 11.3. The number of carboxylic acids is 1. The van der Waals surface area contributed by atoms with Gasteiger partial charge in [0.25, 0.3) is 0 Å². The number of rotatable bonds is 5. The number of carbonyl (C=O) groups is 1. The fourth-order valence-corrected chi connectivity index (χ4v) is 4.05. The summed E-state index contributed by atoms with van der Waals surface area (Å²) in [5.41, 5.74) is 4.59. The number of aryl methyl sites for hydroxylation is 2. The molecule has 2 N–H and O–H groups in total. The smallest absolute Gasteiger partial charge is 0.308 e. The molecule has 0 unspecified atom stereocenters. The molecule has 0 atom stereocenters. The van der Waals surface area contributed by atoms with Gasteiger partial charge in [0.2, 0.25) is 0 Å². The summed E-state index contributed by atoms with van der Waals surface area (Å²) in [5.74, 6) is -0.893. The van der Waals surface area contributed by atoms with E-state index in [0.29, 0.717) is 31.4 Å². The minimum Gasteiger partial charge on any atom is -0.481 e. The third kappa shape index (κ3) is 4.36. The minimum atomic E-state index is -0.893. The lowest BCUT2D eigenvalue weighted by atomic mass is 10.0. The van der Waals surface area contributed by atoms with Crippen LogP contribution in [0, 0.1) is 13.8 Å². The monoisotopic (exact) mass is 406 g/mol. The van der Waals surface area contributed by atoms with Crippen LogP contribution in [0.2, 0.25) is 10.0 Å². The lowest BCUT2D eigenvalue weighted by Gasteiger charge is -2.05. The molecule has 0 aliphatic carbocycles. The van der Waals surface area contributed by atoms with E-state index >= 15 is 0 Å². The number of anilines is 2. The van der Waals surface area contributed by atoms with Gasteiger partial charge in [0.15, 0.2) is 5.13 Å². The van der Waals surface area contributed by atoms with Gasteiger partial charge < -0.3 is 10.4 Å². The van der Waals surface area contributed by atoms with Crippen molar-refractivity contribution in [3.8, 4) is 11.3 Å². The molecule has 0 amide bonds. The second kappa shape index (κ2) is 7.66. The van der Waals surface area contributed by atoms with Crippen molar-refractivity contribution < 1.29 is 9.90 Å². The van der Waals surface area contributed by atoms with Crippen molar-refractivity contribution in [3.63, 3.8) is 0 Å². The summed E-state index contributed by atoms with van der Waals surface area (Å²) < 4.78 is 0. The summed E-state index contributed by atoms with van der Waals surface area (Å²) in [6, 6.07) is 11.1. The molecule has 0 fully saturated rings. The highest BCUT2D eigenvalue weighted by atomic mass is 35.5. The van der Waals surface area contributed by atoms with Gasteiger partial charge in [-0.05, 0) is 49.2 Å². The molecule has 0 saturated carbocycles. The quantitative estimate of drug-likeness (QED) is 0.536. The van der Waals surface area contributed by atoms with E-state index in [4.69, 9.17) is 23.2 Å². The predicted molar refractivity (Wildman–Crippen MR) is 108 cm³/mol. The number of carboxylic acid groups (broad SMARTS) is 1. The molecular formula is C19H16Cl2N2O2S. The first-order valence-corrected chi connectivity index (χ1v) is 9.41. The molecular weight excluding hydrogens is 391 g/mol. The lowest BCUT2D eigenvalue weighted by molar-refractivity contribution is -0.136. The van der Waals surface area contributed by atoms with E-state index in [1.165, 1.54) is 16.9 Å². The van der Waals surface area contributed by atoms with Crippen LogP contribution in [0.3, 0.4) is 0 Å². The van der Waals surface area contributed by atoms with E-state index in [2.05, 4.69) is 10.3 Å². The standard InChI is InChI=1S/C19H16Cl2N2O2S/c1-10-3-4-12(5-11(10)2)18-16(9-17(24)25)26-19(23-18)22-15-7-13(20)6-14(21)8-15/h3-8H,9H2,1-2H3,(H,22,23)(H,24,25). The summed E-state index contributed by atoms with van der Waals surface area (Å²) in [6.07, 6.45) is -0.0854. The van der Waals surface area contributed by atoms with Crippen LogP contribution < -0.4 is 5.32 Å². The molecule has 1 aromatic heterocycles. The average molecular weight is 407 g/mol. The summed E-state index contributed by atoms with van der Waals surface area (Å²) in [7, 11) is 0. The Hall–Kier alpha value is -2.08. The molecule has 7 heteroatoms. The molecule has 0 aliphatic rings. The molecule has 4 nitrogen and oxygen atoms in total. The molecule has 1 heterocycles. The third-order valence-electron chi connectivity index (χ3n) is 3.90. The van der Waals surface area contributed by atoms with E-state index in [1.807, 2.05) is 32.0 Å². The largest absolute Gasteiger partial charge is 0.481 e. The number of nitrogens with one attached hydrogen (secondary N) is 1. The van der Waals surface area contributed by atoms with Gasteiger partial charge in [0.1, 0.15) is 0 Å². The molecule has 3 rings (SSSR count). The van der Waals surface area contributed by atoms with Crippen molar-refractivity contribution in [3.05, 3.63) is 62.4 Å². The number of hydrogen-bond acceptors (Lipinski definition) is 4. The fourth-order valence-electron chi connectivity index (χ4n) is 2.53. The zero-order valence-electron chi connectivity index (χ0n) is 14.1. The van der Waals surface area contributed by atoms with Crippen LogP contribution in [0.4, 0.5) is 10.8 Å². The van der Waals surface area contributed by atoms with Crippen LogP contribution in [-0.2, 0) is 11.2 Å². The van der Waals surface area contributed by atoms with E-state index < -0.39 is 5.97 Å². The zero-order valence-corrected chi connectivity index (χ0v) is 16.5. The van der Waals surface area contributed by atoms with Crippen molar-refractivity contribution in [1.29, 1.82) is 0 Å². The molecule has 0 saturated heterocycles. The highest BCUT2D eigenvalue weighted by Crippen LogP contribution is 2.35. The van der Waals surface area contributed by atoms with Crippen molar-refractivity contribution in [1.82, 2.24) is 4.98 Å². The molecule has 134 valence electrons. The number of aromatic nitrogens is 1. The molecule has 0 radical (unpaired) electrons. The topological polar surface area (TPSA) is 62.2 Å². The van der Waals surface area contributed by atoms with Crippen molar-refractivity contribution >= 4 is 51.3 Å². The van der Waals surface area contributed by atoms with Crippen molar-refractivity contribution in [2.24, 2.45) is 0 Å². The van der Waals surface area contributed by atoms with Crippen molar-refractivity contribution in [2.75, 3.05) is 5.32 Å². The van der Waals surface area contributed by atoms with Gasteiger partial charge in [-0.2, -0.15) is 0 Å². The molecule has 0 aliphatic heterocycles. The second-order valence-corrected chi connectivity index (χ2v) is 7.90. The summed E-state index contributed by atoms with van der Waals surface area (Å²) in [4.78, 5) is 16.6. The highest BCUT2D eigenvalue weighted by molar-refractivity contribution is 7.16. The van der Waals surface area contributed by atoms with Crippen LogP contribution in [0.25, 0.3) is 11.3 Å². The van der Waals surface area contributed by atoms with E-state index in [0.717, 1.165) is 11.1 Å². The lowest BCUT2D eigenvalue weighted by Crippen LogP contribution is -1.99. The van der Waals surface area contributed by atoms with Crippen LogP contribution >= 0.6 is 34.5 Å². The van der Waals surface area contributed by atoms with E-state index in [1.54, 1.807) is 18.2 Å². The summed E-state index contributed by atoms with van der Waals surface area (Å²) in [5, 5.41) is 14.0. The first-order valence-electron chi connectivity index (χ1n) is 7.84. The molecule has 2 aromatic carbocycles. The summed E-state index contributed by atoms with van der Waals surface area (Å²) in [6.45, 7) is 4.06. The molecule has 0 bridgehead atoms. The van der Waals surface area contributed by atoms with Crippen molar-refractivity contribution in [2.45, 2.75) is 20.3 Å². The SMILES string of the molecule is Cc1ccc(-c2nc(Nc3cc(Cl)cc(Cl)c3)sc2CC(=O)O)cc1C. The van der Waals surface area contributed by atoms with Gasteiger partial charge in [-0.1, -0.05) is 35.3 Å². The Labute approximate surface area is 165 Å².